The summed E-state index contributed by atoms with van der Waals surface area (Å²) in [7, 11) is 0. The zero-order chi connectivity index (χ0) is 31.9. The smallest absolute Gasteiger partial charge is 0.219 e. The maximum Gasteiger partial charge on any atom is 0.219 e. The molecule has 0 aliphatic rings. The quantitative estimate of drug-likeness (QED) is 0.102. The molecule has 4 atom stereocenters. The van der Waals surface area contributed by atoms with Gasteiger partial charge < -0.3 is 22.9 Å². The first kappa shape index (κ1) is 80.3. The molecule has 3 heterocycles. The highest BCUT2D eigenvalue weighted by molar-refractivity contribution is 6.92. The van der Waals surface area contributed by atoms with E-state index in [1.165, 1.54) is 5.56 Å². The highest BCUT2D eigenvalue weighted by Crippen LogP contribution is 2.02. The molecule has 288 valence electrons. The van der Waals surface area contributed by atoms with Crippen LogP contribution in [0.15, 0.2) is 73.3 Å². The molecule has 48 heavy (non-hydrogen) atoms. The van der Waals surface area contributed by atoms with Gasteiger partial charge in [0.25, 0.3) is 0 Å². The maximum absolute atomic E-state index is 5.43. The molecule has 3 aromatic heterocycles. The summed E-state index contributed by atoms with van der Waals surface area (Å²) < 4.78 is 0. The predicted molar refractivity (Wildman–Crippen MR) is 250 cm³/mol. The van der Waals surface area contributed by atoms with Crippen LogP contribution in [0.3, 0.4) is 0 Å². The van der Waals surface area contributed by atoms with Gasteiger partial charge in [-0.15, -0.1) is 0 Å². The maximum atomic E-state index is 5.43. The van der Waals surface area contributed by atoms with Crippen LogP contribution in [0.5, 0.6) is 0 Å². The first-order valence-electron chi connectivity index (χ1n) is 13.9. The number of nitrogen functional groups attached to an aromatic ring is 4. The molecular formula is C36H84N8P4. The molecule has 0 amide bonds. The Balaban J connectivity index is -0.0000000319. The van der Waals surface area contributed by atoms with Gasteiger partial charge in [0, 0.05) is 30.0 Å². The SMILES string of the molecule is C.C.C.C.CC.CC.CC.CC.Cc1ccc(N)cc1.Cc1ccc(N)cn1.Cc1ccc(N)nc1.Cc1cnc(N)nc1.P.P.P.P. The van der Waals surface area contributed by atoms with Crippen molar-refractivity contribution in [2.45, 2.75) is 113 Å². The fourth-order valence-corrected chi connectivity index (χ4v) is 1.93. The highest BCUT2D eigenvalue weighted by Gasteiger charge is 1.84. The second-order valence-corrected chi connectivity index (χ2v) is 7.02. The average Bonchev–Trinajstić information content (AvgIpc) is 3.00. The lowest BCUT2D eigenvalue weighted by atomic mass is 10.2. The number of nitrogens with zero attached hydrogens (tertiary/aromatic N) is 4. The predicted octanol–water partition coefficient (Wildman–Crippen LogP) is 10.8. The molecule has 0 saturated carbocycles. The summed E-state index contributed by atoms with van der Waals surface area (Å²) in [6, 6.07) is 15.2. The number of aryl methyl sites for hydroxylation is 4. The molecule has 0 aliphatic carbocycles. The van der Waals surface area contributed by atoms with Gasteiger partial charge >= 0.3 is 0 Å². The number of aromatic nitrogens is 4. The molecule has 8 N–H and O–H groups in total. The minimum Gasteiger partial charge on any atom is -0.399 e. The molecule has 4 rings (SSSR count). The number of benzene rings is 1. The van der Waals surface area contributed by atoms with Gasteiger partial charge in [0.05, 0.1) is 11.9 Å². The Morgan fingerprint density at radius 1 is 0.375 bits per heavy atom. The van der Waals surface area contributed by atoms with E-state index >= 15 is 0 Å². The molecule has 0 aliphatic heterocycles. The summed E-state index contributed by atoms with van der Waals surface area (Å²) in [5, 5.41) is 0. The minimum absolute atomic E-state index is 0. The zero-order valence-electron chi connectivity index (χ0n) is 29.9. The Morgan fingerprint density at radius 3 is 0.979 bits per heavy atom. The van der Waals surface area contributed by atoms with E-state index in [0.29, 0.717) is 11.8 Å². The molecule has 0 radical (unpaired) electrons. The van der Waals surface area contributed by atoms with Crippen molar-refractivity contribution in [3.63, 3.8) is 0 Å². The molecule has 0 spiro atoms. The van der Waals surface area contributed by atoms with E-state index in [1.54, 1.807) is 30.9 Å². The number of hydrogen-bond donors (Lipinski definition) is 4. The van der Waals surface area contributed by atoms with Crippen molar-refractivity contribution in [2.75, 3.05) is 22.9 Å². The lowest BCUT2D eigenvalue weighted by Gasteiger charge is -1.90. The van der Waals surface area contributed by atoms with Crippen LogP contribution in [-0.4, -0.2) is 19.9 Å². The molecule has 12 heteroatoms. The van der Waals surface area contributed by atoms with Gasteiger partial charge in [0.2, 0.25) is 5.95 Å². The monoisotopic (exact) mass is 753 g/mol. The Morgan fingerprint density at radius 2 is 0.729 bits per heavy atom. The molecule has 0 fully saturated rings. The molecule has 4 unspecified atom stereocenters. The normalized spacial score (nSPS) is 6.58. The van der Waals surface area contributed by atoms with Crippen LogP contribution < -0.4 is 22.9 Å². The second-order valence-electron chi connectivity index (χ2n) is 7.02. The van der Waals surface area contributed by atoms with E-state index in [0.717, 1.165) is 28.2 Å². The Labute approximate surface area is 313 Å². The third-order valence-corrected chi connectivity index (χ3v) is 3.75. The third kappa shape index (κ3) is 55.9. The van der Waals surface area contributed by atoms with E-state index in [2.05, 4.69) is 19.9 Å². The molecule has 1 aromatic carbocycles. The minimum atomic E-state index is 0. The first-order chi connectivity index (χ1) is 19.2. The first-order valence-corrected chi connectivity index (χ1v) is 13.9. The summed E-state index contributed by atoms with van der Waals surface area (Å²) in [6.07, 6.45) is 6.76. The lowest BCUT2D eigenvalue weighted by molar-refractivity contribution is 1.15. The van der Waals surface area contributed by atoms with Crippen LogP contribution in [0.25, 0.3) is 0 Å². The lowest BCUT2D eigenvalue weighted by Crippen LogP contribution is -1.92. The van der Waals surface area contributed by atoms with Gasteiger partial charge in [-0.25, -0.2) is 15.0 Å². The third-order valence-electron chi connectivity index (χ3n) is 3.75. The van der Waals surface area contributed by atoms with Crippen molar-refractivity contribution in [3.05, 3.63) is 95.7 Å². The average molecular weight is 753 g/mol. The van der Waals surface area contributed by atoms with Crippen molar-refractivity contribution in [1.82, 2.24) is 19.9 Å². The van der Waals surface area contributed by atoms with Crippen molar-refractivity contribution in [2.24, 2.45) is 0 Å². The van der Waals surface area contributed by atoms with Crippen LogP contribution >= 0.6 is 39.6 Å². The Hall–Kier alpha value is -2.48. The standard InChI is InChI=1S/C7H9N.2C6H8N2.C5H7N3.4C2H6.4CH4.4H3P/c1-6-2-4-7(8)5-3-6;1-5-2-3-6(7)4-8-5;1-5-2-3-6(7)8-4-5;1-4-2-7-5(6)8-3-4;4*1-2;;;;;;;;/h2-5H,8H2,1H3;2-4H,7H2,1H3;2-4H,1H3,(H2,7,8);2-3H,1H3,(H2,6,7,8);4*1-2H3;4*1H4;4*1H3. The second kappa shape index (κ2) is 59.9. The molecular weight excluding hydrogens is 668 g/mol. The van der Waals surface area contributed by atoms with Crippen LogP contribution in [0, 0.1) is 27.7 Å². The molecule has 8 nitrogen and oxygen atoms in total. The highest BCUT2D eigenvalue weighted by atomic mass is 31.0. The van der Waals surface area contributed by atoms with Crippen molar-refractivity contribution < 1.29 is 0 Å². The van der Waals surface area contributed by atoms with Crippen LogP contribution in [0.1, 0.15) is 107 Å². The number of anilines is 4. The summed E-state index contributed by atoms with van der Waals surface area (Å²) in [5.41, 5.74) is 27.3. The number of rotatable bonds is 0. The largest absolute Gasteiger partial charge is 0.399 e. The van der Waals surface area contributed by atoms with Crippen LogP contribution in [0.4, 0.5) is 23.1 Å². The fraction of sp³-hybridized carbons (Fsp3) is 0.444. The van der Waals surface area contributed by atoms with Crippen molar-refractivity contribution in [3.8, 4) is 0 Å². The number of pyridine rings is 2. The molecule has 0 bridgehead atoms. The summed E-state index contributed by atoms with van der Waals surface area (Å²) in [6.45, 7) is 23.9. The Kier molecular flexibility index (Phi) is 100. The zero-order valence-corrected chi connectivity index (χ0v) is 35.5. The summed E-state index contributed by atoms with van der Waals surface area (Å²) in [5.74, 6) is 0.909. The van der Waals surface area contributed by atoms with Gasteiger partial charge in [0.1, 0.15) is 5.82 Å². The van der Waals surface area contributed by atoms with Gasteiger partial charge in [-0.05, 0) is 69.2 Å². The van der Waals surface area contributed by atoms with Gasteiger partial charge in [0.15, 0.2) is 0 Å². The van der Waals surface area contributed by atoms with E-state index in [4.69, 9.17) is 22.9 Å². The molecule has 4 aromatic rings. The topological polar surface area (TPSA) is 156 Å². The van der Waals surface area contributed by atoms with Crippen molar-refractivity contribution >= 4 is 62.7 Å². The summed E-state index contributed by atoms with van der Waals surface area (Å²) in [4.78, 5) is 15.3. The van der Waals surface area contributed by atoms with E-state index in [1.807, 2.05) is 126 Å². The Bertz CT molecular complexity index is 780. The van der Waals surface area contributed by atoms with Gasteiger partial charge in [-0.1, -0.05) is 109 Å². The summed E-state index contributed by atoms with van der Waals surface area (Å²) >= 11 is 0. The number of hydrogen-bond acceptors (Lipinski definition) is 8. The van der Waals surface area contributed by atoms with E-state index in [9.17, 15) is 0 Å². The number of nitrogens with two attached hydrogens (primary N) is 4. The fourth-order valence-electron chi connectivity index (χ4n) is 1.93. The van der Waals surface area contributed by atoms with Crippen molar-refractivity contribution in [1.29, 1.82) is 0 Å². The van der Waals surface area contributed by atoms with Gasteiger partial charge in [-0.2, -0.15) is 39.6 Å². The molecule has 0 saturated heterocycles. The van der Waals surface area contributed by atoms with Crippen LogP contribution in [-0.2, 0) is 0 Å². The van der Waals surface area contributed by atoms with Crippen LogP contribution in [0.2, 0.25) is 0 Å². The van der Waals surface area contributed by atoms with E-state index in [-0.39, 0.29) is 69.3 Å². The van der Waals surface area contributed by atoms with Gasteiger partial charge in [-0.3, -0.25) is 4.98 Å². The van der Waals surface area contributed by atoms with E-state index < -0.39 is 0 Å².